The number of methoxy groups -OCH3 is 1. The van der Waals surface area contributed by atoms with Gasteiger partial charge >= 0.3 is 5.97 Å². The highest BCUT2D eigenvalue weighted by Gasteiger charge is 2.25. The summed E-state index contributed by atoms with van der Waals surface area (Å²) in [6.45, 7) is 2.06. The van der Waals surface area contributed by atoms with Gasteiger partial charge in [-0.3, -0.25) is 9.79 Å². The summed E-state index contributed by atoms with van der Waals surface area (Å²) in [7, 11) is 1.40. The van der Waals surface area contributed by atoms with Crippen molar-refractivity contribution in [3.63, 3.8) is 0 Å². The van der Waals surface area contributed by atoms with Gasteiger partial charge in [0.15, 0.2) is 0 Å². The zero-order chi connectivity index (χ0) is 18.7. The lowest BCUT2D eigenvalue weighted by Gasteiger charge is -2.11. The Hall–Kier alpha value is -1.76. The quantitative estimate of drug-likeness (QED) is 0.568. The molecule has 0 saturated carbocycles. The average Bonchev–Trinajstić information content (AvgIpc) is 2.98. The molecule has 1 aliphatic rings. The molecule has 136 valence electrons. The van der Waals surface area contributed by atoms with Gasteiger partial charge in [-0.05, 0) is 25.0 Å². The van der Waals surface area contributed by atoms with Crippen molar-refractivity contribution in [2.24, 2.45) is 4.99 Å². The van der Waals surface area contributed by atoms with E-state index in [2.05, 4.69) is 18.3 Å². The second-order valence-corrected chi connectivity index (χ2v) is 7.89. The van der Waals surface area contributed by atoms with Crippen LogP contribution in [0.25, 0.3) is 0 Å². The van der Waals surface area contributed by atoms with Crippen LogP contribution in [0, 0.1) is 0 Å². The number of fused-ring (bicyclic) bond motifs is 1. The summed E-state index contributed by atoms with van der Waals surface area (Å²) in [5, 5.41) is 4.94. The fourth-order valence-corrected chi connectivity index (χ4v) is 4.47. The predicted molar refractivity (Wildman–Crippen MR) is 112 cm³/mol. The van der Waals surface area contributed by atoms with Gasteiger partial charge in [0.05, 0.1) is 19.2 Å². The van der Waals surface area contributed by atoms with Crippen LogP contribution in [0.4, 0.5) is 5.00 Å². The van der Waals surface area contributed by atoms with Crippen LogP contribution in [-0.2, 0) is 16.0 Å². The number of hydrogen-bond acceptors (Lipinski definition) is 5. The minimum Gasteiger partial charge on any atom is -0.469 e. The lowest BCUT2D eigenvalue weighted by Crippen LogP contribution is -2.22. The molecule has 7 heteroatoms. The number of rotatable bonds is 5. The van der Waals surface area contributed by atoms with E-state index >= 15 is 0 Å². The van der Waals surface area contributed by atoms with E-state index in [1.807, 2.05) is 24.3 Å². The van der Waals surface area contributed by atoms with E-state index in [1.54, 1.807) is 11.3 Å². The first-order valence-electron chi connectivity index (χ1n) is 8.37. The predicted octanol–water partition coefficient (Wildman–Crippen LogP) is 4.88. The molecule has 1 atom stereocenters. The van der Waals surface area contributed by atoms with E-state index in [0.717, 1.165) is 33.1 Å². The number of nitrogens with one attached hydrogen (secondary N) is 1. The minimum atomic E-state index is -0.219. The lowest BCUT2D eigenvalue weighted by molar-refractivity contribution is -0.140. The molecule has 0 radical (unpaired) electrons. The molecule has 1 aromatic heterocycles. The van der Waals surface area contributed by atoms with Gasteiger partial charge < -0.3 is 10.1 Å². The molecule has 0 saturated heterocycles. The number of thiophene rings is 1. The van der Waals surface area contributed by atoms with E-state index in [-0.39, 0.29) is 12.0 Å². The third-order valence-corrected chi connectivity index (χ3v) is 6.00. The van der Waals surface area contributed by atoms with Gasteiger partial charge in [-0.1, -0.05) is 48.9 Å². The maximum absolute atomic E-state index is 11.5. The molecule has 0 spiro atoms. The van der Waals surface area contributed by atoms with E-state index < -0.39 is 0 Å². The van der Waals surface area contributed by atoms with Crippen LogP contribution in [0.3, 0.4) is 0 Å². The second kappa shape index (κ2) is 8.29. The van der Waals surface area contributed by atoms with Crippen molar-refractivity contribution in [1.29, 1.82) is 0 Å². The first-order chi connectivity index (χ1) is 12.5. The fraction of sp³-hybridized carbons (Fsp3) is 0.316. The Balaban J connectivity index is 2.05. The van der Waals surface area contributed by atoms with Crippen molar-refractivity contribution in [3.05, 3.63) is 51.4 Å². The Morgan fingerprint density at radius 2 is 2.15 bits per heavy atom. The number of ether oxygens (including phenoxy) is 1. The summed E-state index contributed by atoms with van der Waals surface area (Å²) in [4.78, 5) is 18.1. The molecule has 1 unspecified atom stereocenters. The third-order valence-electron chi connectivity index (χ3n) is 4.18. The van der Waals surface area contributed by atoms with E-state index in [1.165, 1.54) is 7.11 Å². The molecule has 26 heavy (non-hydrogen) atoms. The molecule has 0 fully saturated rings. The molecule has 2 aromatic rings. The second-order valence-electron chi connectivity index (χ2n) is 5.90. The van der Waals surface area contributed by atoms with Crippen LogP contribution in [0.2, 0.25) is 5.02 Å². The van der Waals surface area contributed by atoms with Gasteiger partial charge in [-0.2, -0.15) is 0 Å². The van der Waals surface area contributed by atoms with Crippen molar-refractivity contribution in [2.75, 3.05) is 12.4 Å². The van der Waals surface area contributed by atoms with E-state index in [0.29, 0.717) is 22.9 Å². The zero-order valence-corrected chi connectivity index (χ0v) is 16.9. The number of halogens is 1. The van der Waals surface area contributed by atoms with Crippen LogP contribution in [0.15, 0.2) is 35.3 Å². The van der Waals surface area contributed by atoms with Crippen LogP contribution in [-0.4, -0.2) is 29.8 Å². The number of aryl methyl sites for hydroxylation is 1. The van der Waals surface area contributed by atoms with E-state index in [9.17, 15) is 4.79 Å². The summed E-state index contributed by atoms with van der Waals surface area (Å²) >= 11 is 13.6. The highest BCUT2D eigenvalue weighted by Crippen LogP contribution is 2.35. The maximum atomic E-state index is 11.5. The Morgan fingerprint density at radius 1 is 1.38 bits per heavy atom. The molecule has 0 bridgehead atoms. The SMILES string of the molecule is CCC1N=C(c2ccccc2Cl)c2cc(CCC(=O)OC)sc2NC1=S. The summed E-state index contributed by atoms with van der Waals surface area (Å²) in [6.07, 6.45) is 1.77. The number of hydrogen-bond donors (Lipinski definition) is 1. The topological polar surface area (TPSA) is 50.7 Å². The van der Waals surface area contributed by atoms with Crippen molar-refractivity contribution >= 4 is 56.8 Å². The summed E-state index contributed by atoms with van der Waals surface area (Å²) < 4.78 is 4.73. The number of benzene rings is 1. The highest BCUT2D eigenvalue weighted by atomic mass is 35.5. The molecule has 1 aliphatic heterocycles. The Morgan fingerprint density at radius 3 is 2.85 bits per heavy atom. The van der Waals surface area contributed by atoms with Crippen LogP contribution in [0.1, 0.15) is 35.8 Å². The molecule has 1 aromatic carbocycles. The Labute approximate surface area is 167 Å². The van der Waals surface area contributed by atoms with Crippen LogP contribution >= 0.6 is 35.2 Å². The van der Waals surface area contributed by atoms with Gasteiger partial charge in [-0.15, -0.1) is 11.3 Å². The third kappa shape index (κ3) is 3.98. The van der Waals surface area contributed by atoms with E-state index in [4.69, 9.17) is 33.5 Å². The largest absolute Gasteiger partial charge is 0.469 e. The molecular weight excluding hydrogens is 388 g/mol. The normalized spacial score (nSPS) is 16.3. The molecule has 3 rings (SSSR count). The lowest BCUT2D eigenvalue weighted by atomic mass is 10.0. The summed E-state index contributed by atoms with van der Waals surface area (Å²) in [5.41, 5.74) is 2.70. The molecule has 0 amide bonds. The van der Waals surface area contributed by atoms with Gasteiger partial charge in [0, 0.05) is 21.0 Å². The first kappa shape index (κ1) is 19.0. The summed E-state index contributed by atoms with van der Waals surface area (Å²) in [5.74, 6) is -0.219. The Kier molecular flexibility index (Phi) is 6.06. The fourth-order valence-electron chi connectivity index (χ4n) is 2.79. The monoisotopic (exact) mass is 406 g/mol. The molecule has 1 N–H and O–H groups in total. The number of thiocarbonyl (C=S) groups is 1. The number of carbonyl (C=O) groups is 1. The molecule has 2 heterocycles. The molecule has 0 aliphatic carbocycles. The number of esters is 1. The Bertz CT molecular complexity index is 876. The van der Waals surface area contributed by atoms with Gasteiger partial charge in [-0.25, -0.2) is 0 Å². The number of carbonyl (C=O) groups excluding carboxylic acids is 1. The number of nitrogens with zero attached hydrogens (tertiary/aromatic N) is 1. The van der Waals surface area contributed by atoms with Crippen molar-refractivity contribution in [1.82, 2.24) is 0 Å². The first-order valence-corrected chi connectivity index (χ1v) is 9.97. The highest BCUT2D eigenvalue weighted by molar-refractivity contribution is 7.80. The molecule has 4 nitrogen and oxygen atoms in total. The van der Waals surface area contributed by atoms with Crippen LogP contribution in [0.5, 0.6) is 0 Å². The maximum Gasteiger partial charge on any atom is 0.305 e. The van der Waals surface area contributed by atoms with Crippen molar-refractivity contribution < 1.29 is 9.53 Å². The van der Waals surface area contributed by atoms with Crippen LogP contribution < -0.4 is 5.32 Å². The smallest absolute Gasteiger partial charge is 0.305 e. The number of anilines is 1. The van der Waals surface area contributed by atoms with Gasteiger partial charge in [0.1, 0.15) is 16.0 Å². The zero-order valence-electron chi connectivity index (χ0n) is 14.5. The van der Waals surface area contributed by atoms with Gasteiger partial charge in [0.2, 0.25) is 0 Å². The standard InChI is InChI=1S/C19H19ClN2O2S2/c1-3-15-18(25)22-19-13(10-11(26-19)8-9-16(23)24-2)17(21-15)12-6-4-5-7-14(12)20/h4-7,10,15H,3,8-9H2,1-2H3,(H,22,25). The average molecular weight is 407 g/mol. The summed E-state index contributed by atoms with van der Waals surface area (Å²) in [6, 6.07) is 9.66. The number of aliphatic imine (C=N–C) groups is 1. The van der Waals surface area contributed by atoms with Crippen molar-refractivity contribution in [2.45, 2.75) is 32.2 Å². The van der Waals surface area contributed by atoms with Crippen molar-refractivity contribution in [3.8, 4) is 0 Å². The van der Waals surface area contributed by atoms with Gasteiger partial charge in [0.25, 0.3) is 0 Å². The minimum absolute atomic E-state index is 0.0885. The molecular formula is C19H19ClN2O2S2.